The summed E-state index contributed by atoms with van der Waals surface area (Å²) in [7, 11) is 1.77. The fourth-order valence-corrected chi connectivity index (χ4v) is 2.86. The second-order valence-electron chi connectivity index (χ2n) is 7.76. The minimum atomic E-state index is -0.914. The third-order valence-electron chi connectivity index (χ3n) is 4.35. The highest BCUT2D eigenvalue weighted by Crippen LogP contribution is 2.30. The molecule has 1 aromatic carbocycles. The second-order valence-corrected chi connectivity index (χ2v) is 7.76. The minimum Gasteiger partial charge on any atom is -0.451 e. The van der Waals surface area contributed by atoms with Crippen LogP contribution in [0.15, 0.2) is 43.0 Å². The van der Waals surface area contributed by atoms with E-state index in [0.717, 1.165) is 17.3 Å². The Kier molecular flexibility index (Phi) is 6.65. The Morgan fingerprint density at radius 1 is 1.28 bits per heavy atom. The van der Waals surface area contributed by atoms with Crippen molar-refractivity contribution in [2.75, 3.05) is 0 Å². The first kappa shape index (κ1) is 22.0. The summed E-state index contributed by atoms with van der Waals surface area (Å²) in [6.45, 7) is 13.2. The first-order valence-corrected chi connectivity index (χ1v) is 9.32. The lowest BCUT2D eigenvalue weighted by molar-refractivity contribution is -0.157. The number of aryl methyl sites for hydroxylation is 2. The first-order chi connectivity index (χ1) is 13.6. The number of nitriles is 1. The minimum absolute atomic E-state index is 0.000927. The van der Waals surface area contributed by atoms with Gasteiger partial charge in [-0.15, -0.1) is 0 Å². The van der Waals surface area contributed by atoms with Gasteiger partial charge in [-0.2, -0.15) is 10.4 Å². The predicted molar refractivity (Wildman–Crippen MR) is 112 cm³/mol. The van der Waals surface area contributed by atoms with Crippen LogP contribution in [-0.4, -0.2) is 22.0 Å². The number of carbonyl (C=O) groups excluding carboxylic acids is 1. The van der Waals surface area contributed by atoms with Crippen LogP contribution in [-0.2, 0) is 26.7 Å². The van der Waals surface area contributed by atoms with Gasteiger partial charge in [-0.25, -0.2) is 4.79 Å². The SMILES string of the molecule is C=CC(=O)OC(C)O/C(=C(/C#N)c1ccc(C(C)(C)C)cc1)c1cc(C)nn1C. The summed E-state index contributed by atoms with van der Waals surface area (Å²) in [6.07, 6.45) is 0.149. The van der Waals surface area contributed by atoms with E-state index in [1.807, 2.05) is 37.3 Å². The summed E-state index contributed by atoms with van der Waals surface area (Å²) in [5, 5.41) is 14.3. The number of nitrogens with zero attached hydrogens (tertiary/aromatic N) is 3. The number of hydrogen-bond acceptors (Lipinski definition) is 5. The van der Waals surface area contributed by atoms with Gasteiger partial charge in [0.1, 0.15) is 17.3 Å². The van der Waals surface area contributed by atoms with Crippen molar-refractivity contribution in [2.45, 2.75) is 46.3 Å². The molecule has 0 aliphatic carbocycles. The normalized spacial score (nSPS) is 13.1. The highest BCUT2D eigenvalue weighted by molar-refractivity contribution is 5.94. The molecule has 0 amide bonds. The highest BCUT2D eigenvalue weighted by Gasteiger charge is 2.22. The standard InChI is InChI=1S/C23H27N3O3/c1-8-21(27)28-16(3)29-22(20-13-15(2)25-26(20)7)19(14-24)17-9-11-18(12-10-17)23(4,5)6/h8-13,16H,1H2,2-7H3/b22-19-. The van der Waals surface area contributed by atoms with Crippen molar-refractivity contribution in [2.24, 2.45) is 7.05 Å². The number of rotatable bonds is 6. The number of allylic oxidation sites excluding steroid dienone is 1. The maximum Gasteiger partial charge on any atom is 0.333 e. The highest BCUT2D eigenvalue weighted by atomic mass is 16.7. The molecule has 152 valence electrons. The number of esters is 1. The molecule has 2 rings (SSSR count). The van der Waals surface area contributed by atoms with Crippen molar-refractivity contribution in [1.82, 2.24) is 9.78 Å². The van der Waals surface area contributed by atoms with Crippen LogP contribution in [0.2, 0.25) is 0 Å². The van der Waals surface area contributed by atoms with Gasteiger partial charge < -0.3 is 9.47 Å². The molecule has 0 spiro atoms. The lowest BCUT2D eigenvalue weighted by atomic mass is 9.86. The molecule has 0 aliphatic rings. The fourth-order valence-electron chi connectivity index (χ4n) is 2.86. The molecule has 0 fully saturated rings. The van der Waals surface area contributed by atoms with E-state index in [1.54, 1.807) is 18.7 Å². The number of hydrogen-bond donors (Lipinski definition) is 0. The molecule has 0 saturated carbocycles. The molecule has 6 heteroatoms. The molecule has 6 nitrogen and oxygen atoms in total. The molecule has 0 N–H and O–H groups in total. The lowest BCUT2D eigenvalue weighted by Crippen LogP contribution is -2.17. The van der Waals surface area contributed by atoms with Crippen molar-refractivity contribution in [1.29, 1.82) is 5.26 Å². The van der Waals surface area contributed by atoms with Crippen molar-refractivity contribution in [3.63, 3.8) is 0 Å². The van der Waals surface area contributed by atoms with E-state index in [0.29, 0.717) is 22.6 Å². The summed E-state index contributed by atoms with van der Waals surface area (Å²) in [5.74, 6) is -0.311. The van der Waals surface area contributed by atoms with Crippen LogP contribution in [0.5, 0.6) is 0 Å². The Bertz CT molecular complexity index is 970. The van der Waals surface area contributed by atoms with E-state index in [2.05, 4.69) is 38.5 Å². The average Bonchev–Trinajstić information content (AvgIpc) is 2.99. The largest absolute Gasteiger partial charge is 0.451 e. The van der Waals surface area contributed by atoms with Gasteiger partial charge in [-0.1, -0.05) is 51.6 Å². The summed E-state index contributed by atoms with van der Waals surface area (Å²) < 4.78 is 12.7. The number of aromatic nitrogens is 2. The van der Waals surface area contributed by atoms with Gasteiger partial charge in [0.05, 0.1) is 5.69 Å². The molecule has 29 heavy (non-hydrogen) atoms. The van der Waals surface area contributed by atoms with Gasteiger partial charge in [-0.3, -0.25) is 4.68 Å². The van der Waals surface area contributed by atoms with Crippen molar-refractivity contribution >= 4 is 17.3 Å². The van der Waals surface area contributed by atoms with E-state index < -0.39 is 12.3 Å². The summed E-state index contributed by atoms with van der Waals surface area (Å²) in [5.41, 5.74) is 3.58. The van der Waals surface area contributed by atoms with Crippen LogP contribution in [0.1, 0.15) is 50.2 Å². The molecule has 0 radical (unpaired) electrons. The predicted octanol–water partition coefficient (Wildman–Crippen LogP) is 4.51. The average molecular weight is 393 g/mol. The van der Waals surface area contributed by atoms with Crippen LogP contribution in [0, 0.1) is 18.3 Å². The van der Waals surface area contributed by atoms with Crippen LogP contribution >= 0.6 is 0 Å². The molecule has 1 atom stereocenters. The Hall–Kier alpha value is -3.33. The lowest BCUT2D eigenvalue weighted by Gasteiger charge is -2.20. The van der Waals surface area contributed by atoms with Gasteiger partial charge in [0, 0.05) is 20.0 Å². The molecule has 0 saturated heterocycles. The van der Waals surface area contributed by atoms with E-state index in [4.69, 9.17) is 9.47 Å². The quantitative estimate of drug-likeness (QED) is 0.237. The molecule has 0 bridgehead atoms. The van der Waals surface area contributed by atoms with Crippen molar-refractivity contribution < 1.29 is 14.3 Å². The molecule has 1 unspecified atom stereocenters. The second kappa shape index (κ2) is 8.78. The van der Waals surface area contributed by atoms with Gasteiger partial charge >= 0.3 is 5.97 Å². The van der Waals surface area contributed by atoms with E-state index in [9.17, 15) is 10.1 Å². The van der Waals surface area contributed by atoms with Gasteiger partial charge in [-0.05, 0) is 29.5 Å². The monoisotopic (exact) mass is 393 g/mol. The third-order valence-corrected chi connectivity index (χ3v) is 4.35. The molecular weight excluding hydrogens is 366 g/mol. The number of ether oxygens (including phenoxy) is 2. The maximum absolute atomic E-state index is 11.5. The molecule has 2 aromatic rings. The Labute approximate surface area is 172 Å². The summed E-state index contributed by atoms with van der Waals surface area (Å²) >= 11 is 0. The van der Waals surface area contributed by atoms with Crippen molar-refractivity contribution in [3.8, 4) is 6.07 Å². The number of carbonyl (C=O) groups is 1. The van der Waals surface area contributed by atoms with Gasteiger partial charge in [0.2, 0.25) is 6.29 Å². The van der Waals surface area contributed by atoms with E-state index in [1.165, 1.54) is 0 Å². The van der Waals surface area contributed by atoms with Crippen LogP contribution in [0.4, 0.5) is 0 Å². The van der Waals surface area contributed by atoms with E-state index in [-0.39, 0.29) is 5.41 Å². The maximum atomic E-state index is 11.5. The Morgan fingerprint density at radius 3 is 2.34 bits per heavy atom. The molecule has 0 aliphatic heterocycles. The topological polar surface area (TPSA) is 77.1 Å². The van der Waals surface area contributed by atoms with Crippen LogP contribution < -0.4 is 0 Å². The van der Waals surface area contributed by atoms with Gasteiger partial charge in [0.15, 0.2) is 5.76 Å². The zero-order chi connectivity index (χ0) is 21.8. The van der Waals surface area contributed by atoms with Crippen LogP contribution in [0.25, 0.3) is 11.3 Å². The summed E-state index contributed by atoms with van der Waals surface area (Å²) in [6, 6.07) is 11.8. The molecule has 1 aromatic heterocycles. The fraction of sp³-hybridized carbons (Fsp3) is 0.348. The van der Waals surface area contributed by atoms with Gasteiger partial charge in [0.25, 0.3) is 0 Å². The smallest absolute Gasteiger partial charge is 0.333 e. The zero-order valence-corrected chi connectivity index (χ0v) is 17.8. The number of benzene rings is 1. The van der Waals surface area contributed by atoms with E-state index >= 15 is 0 Å². The zero-order valence-electron chi connectivity index (χ0n) is 17.8. The Balaban J connectivity index is 2.57. The third kappa shape index (κ3) is 5.35. The van der Waals surface area contributed by atoms with Crippen LogP contribution in [0.3, 0.4) is 0 Å². The van der Waals surface area contributed by atoms with Crippen molar-refractivity contribution in [3.05, 3.63) is 65.5 Å². The molecule has 1 heterocycles. The molecular formula is C23H27N3O3. The first-order valence-electron chi connectivity index (χ1n) is 9.32. The summed E-state index contributed by atoms with van der Waals surface area (Å²) in [4.78, 5) is 11.5. The Morgan fingerprint density at radius 2 is 1.90 bits per heavy atom.